The predicted molar refractivity (Wildman–Crippen MR) is 75.8 cm³/mol. The lowest BCUT2D eigenvalue weighted by molar-refractivity contribution is -0.133. The van der Waals surface area contributed by atoms with Crippen molar-refractivity contribution in [3.63, 3.8) is 0 Å². The summed E-state index contributed by atoms with van der Waals surface area (Å²) >= 11 is 0. The maximum absolute atomic E-state index is 12.1. The molecule has 108 valence electrons. The Morgan fingerprint density at radius 3 is 2.90 bits per heavy atom. The minimum atomic E-state index is -0.174. The molecule has 0 saturated carbocycles. The molecular formula is C15H20N2O3. The normalized spacial score (nSPS) is 15.1. The van der Waals surface area contributed by atoms with E-state index in [4.69, 9.17) is 4.74 Å². The van der Waals surface area contributed by atoms with Crippen molar-refractivity contribution in [2.45, 2.75) is 19.3 Å². The molecule has 1 heterocycles. The van der Waals surface area contributed by atoms with Crippen molar-refractivity contribution in [3.05, 3.63) is 29.8 Å². The molecule has 1 aliphatic heterocycles. The highest BCUT2D eigenvalue weighted by molar-refractivity contribution is 5.96. The van der Waals surface area contributed by atoms with E-state index in [0.29, 0.717) is 30.8 Å². The van der Waals surface area contributed by atoms with E-state index in [1.807, 2.05) is 11.0 Å². The van der Waals surface area contributed by atoms with Gasteiger partial charge in [0, 0.05) is 26.1 Å². The summed E-state index contributed by atoms with van der Waals surface area (Å²) in [4.78, 5) is 25.5. The number of likely N-dealkylation sites (tertiary alicyclic amines) is 1. The highest BCUT2D eigenvalue weighted by Crippen LogP contribution is 2.16. The lowest BCUT2D eigenvalue weighted by Gasteiger charge is -2.26. The van der Waals surface area contributed by atoms with Crippen molar-refractivity contribution in [1.29, 1.82) is 0 Å². The first-order valence-electron chi connectivity index (χ1n) is 6.91. The lowest BCUT2D eigenvalue weighted by Crippen LogP contribution is -2.41. The van der Waals surface area contributed by atoms with Crippen LogP contribution in [0.15, 0.2) is 24.3 Å². The van der Waals surface area contributed by atoms with Gasteiger partial charge in [-0.05, 0) is 25.0 Å². The second-order valence-corrected chi connectivity index (χ2v) is 4.79. The van der Waals surface area contributed by atoms with E-state index in [-0.39, 0.29) is 11.8 Å². The van der Waals surface area contributed by atoms with Crippen molar-refractivity contribution in [2.24, 2.45) is 0 Å². The Bertz CT molecular complexity index is 488. The number of benzene rings is 1. The number of amides is 2. The number of rotatable bonds is 5. The number of carbonyl (C=O) groups excluding carboxylic acids is 2. The van der Waals surface area contributed by atoms with Gasteiger partial charge in [0.2, 0.25) is 5.91 Å². The second-order valence-electron chi connectivity index (χ2n) is 4.79. The fourth-order valence-corrected chi connectivity index (χ4v) is 2.33. The van der Waals surface area contributed by atoms with Crippen molar-refractivity contribution in [3.8, 4) is 5.75 Å². The Kier molecular flexibility index (Phi) is 4.98. The molecule has 1 fully saturated rings. The second kappa shape index (κ2) is 6.93. The van der Waals surface area contributed by atoms with Crippen molar-refractivity contribution in [2.75, 3.05) is 26.7 Å². The summed E-state index contributed by atoms with van der Waals surface area (Å²) in [6.45, 7) is 1.83. The first-order valence-corrected chi connectivity index (χ1v) is 6.91. The van der Waals surface area contributed by atoms with Gasteiger partial charge in [0.25, 0.3) is 5.91 Å². The smallest absolute Gasteiger partial charge is 0.255 e. The monoisotopic (exact) mass is 276 g/mol. The highest BCUT2D eigenvalue weighted by atomic mass is 16.5. The summed E-state index contributed by atoms with van der Waals surface area (Å²) in [5.41, 5.74) is 0.514. The first kappa shape index (κ1) is 14.4. The van der Waals surface area contributed by atoms with E-state index in [1.54, 1.807) is 25.3 Å². The zero-order valence-electron chi connectivity index (χ0n) is 11.7. The molecule has 5 nitrogen and oxygen atoms in total. The molecule has 0 unspecified atom stereocenters. The number of piperidine rings is 1. The number of ether oxygens (including phenoxy) is 1. The van der Waals surface area contributed by atoms with Crippen LogP contribution in [0, 0.1) is 0 Å². The van der Waals surface area contributed by atoms with Crippen LogP contribution in [0.4, 0.5) is 0 Å². The molecular weight excluding hydrogens is 256 g/mol. The van der Waals surface area contributed by atoms with Gasteiger partial charge in [-0.1, -0.05) is 12.1 Å². The van der Waals surface area contributed by atoms with E-state index in [0.717, 1.165) is 19.4 Å². The van der Waals surface area contributed by atoms with Crippen LogP contribution in [0.25, 0.3) is 0 Å². The summed E-state index contributed by atoms with van der Waals surface area (Å²) in [5.74, 6) is 0.564. The van der Waals surface area contributed by atoms with Crippen LogP contribution in [0.5, 0.6) is 5.75 Å². The van der Waals surface area contributed by atoms with Crippen LogP contribution in [0.2, 0.25) is 0 Å². The summed E-state index contributed by atoms with van der Waals surface area (Å²) in [6, 6.07) is 7.09. The zero-order valence-corrected chi connectivity index (χ0v) is 11.7. The van der Waals surface area contributed by atoms with Gasteiger partial charge >= 0.3 is 0 Å². The molecule has 1 N–H and O–H groups in total. The summed E-state index contributed by atoms with van der Waals surface area (Å²) in [5, 5.41) is 2.83. The SMILES string of the molecule is COc1ccccc1C(=O)NCCN1CCCCC1=O. The molecule has 0 aliphatic carbocycles. The molecule has 2 amide bonds. The molecule has 0 aromatic heterocycles. The summed E-state index contributed by atoms with van der Waals surface area (Å²) in [6.07, 6.45) is 2.65. The Labute approximate surface area is 118 Å². The third-order valence-corrected chi connectivity index (χ3v) is 3.44. The molecule has 1 aromatic rings. The predicted octanol–water partition coefficient (Wildman–Crippen LogP) is 1.44. The standard InChI is InChI=1S/C15H20N2O3/c1-20-13-7-3-2-6-12(13)15(19)16-9-11-17-10-5-4-8-14(17)18/h2-3,6-7H,4-5,8-11H2,1H3,(H,16,19). The highest BCUT2D eigenvalue weighted by Gasteiger charge is 2.18. The number of hydrogen-bond donors (Lipinski definition) is 1. The number of para-hydroxylation sites is 1. The Balaban J connectivity index is 1.84. The Morgan fingerprint density at radius 2 is 2.15 bits per heavy atom. The average molecular weight is 276 g/mol. The van der Waals surface area contributed by atoms with E-state index >= 15 is 0 Å². The fourth-order valence-electron chi connectivity index (χ4n) is 2.33. The molecule has 2 rings (SSSR count). The van der Waals surface area contributed by atoms with Gasteiger partial charge in [-0.25, -0.2) is 0 Å². The largest absolute Gasteiger partial charge is 0.496 e. The number of nitrogens with zero attached hydrogens (tertiary/aromatic N) is 1. The van der Waals surface area contributed by atoms with Gasteiger partial charge in [0.15, 0.2) is 0 Å². The number of nitrogens with one attached hydrogen (secondary N) is 1. The van der Waals surface area contributed by atoms with E-state index in [1.165, 1.54) is 0 Å². The van der Waals surface area contributed by atoms with Gasteiger partial charge in [0.05, 0.1) is 12.7 Å². The van der Waals surface area contributed by atoms with Crippen molar-refractivity contribution in [1.82, 2.24) is 10.2 Å². The third kappa shape index (κ3) is 3.50. The van der Waals surface area contributed by atoms with Crippen LogP contribution in [0.1, 0.15) is 29.6 Å². The maximum atomic E-state index is 12.1. The topological polar surface area (TPSA) is 58.6 Å². The first-order chi connectivity index (χ1) is 9.72. The van der Waals surface area contributed by atoms with Crippen LogP contribution in [0.3, 0.4) is 0 Å². The van der Waals surface area contributed by atoms with Crippen LogP contribution in [-0.4, -0.2) is 43.5 Å². The quantitative estimate of drug-likeness (QED) is 0.885. The summed E-state index contributed by atoms with van der Waals surface area (Å²) in [7, 11) is 1.54. The molecule has 1 saturated heterocycles. The third-order valence-electron chi connectivity index (χ3n) is 3.44. The van der Waals surface area contributed by atoms with E-state index in [9.17, 15) is 9.59 Å². The van der Waals surface area contributed by atoms with Crippen molar-refractivity contribution < 1.29 is 14.3 Å². The van der Waals surface area contributed by atoms with E-state index in [2.05, 4.69) is 5.32 Å². The zero-order chi connectivity index (χ0) is 14.4. The van der Waals surface area contributed by atoms with Gasteiger partial charge in [0.1, 0.15) is 5.75 Å². The molecule has 1 aromatic carbocycles. The molecule has 1 aliphatic rings. The van der Waals surface area contributed by atoms with Crippen molar-refractivity contribution >= 4 is 11.8 Å². The van der Waals surface area contributed by atoms with E-state index < -0.39 is 0 Å². The average Bonchev–Trinajstić information content (AvgIpc) is 2.49. The van der Waals surface area contributed by atoms with Gasteiger partial charge in [-0.2, -0.15) is 0 Å². The molecule has 20 heavy (non-hydrogen) atoms. The fraction of sp³-hybridized carbons (Fsp3) is 0.467. The number of hydrogen-bond acceptors (Lipinski definition) is 3. The molecule has 0 atom stereocenters. The number of carbonyl (C=O) groups is 2. The molecule has 0 bridgehead atoms. The van der Waals surface area contributed by atoms with Crippen LogP contribution in [-0.2, 0) is 4.79 Å². The maximum Gasteiger partial charge on any atom is 0.255 e. The van der Waals surface area contributed by atoms with Gasteiger partial charge in [-0.15, -0.1) is 0 Å². The Hall–Kier alpha value is -2.04. The molecule has 0 spiro atoms. The van der Waals surface area contributed by atoms with Crippen LogP contribution < -0.4 is 10.1 Å². The van der Waals surface area contributed by atoms with Gasteiger partial charge < -0.3 is 15.0 Å². The minimum Gasteiger partial charge on any atom is -0.496 e. The minimum absolute atomic E-state index is 0.174. The van der Waals surface area contributed by atoms with Crippen LogP contribution >= 0.6 is 0 Å². The number of methoxy groups -OCH3 is 1. The Morgan fingerprint density at radius 1 is 1.35 bits per heavy atom. The summed E-state index contributed by atoms with van der Waals surface area (Å²) < 4.78 is 5.15. The lowest BCUT2D eigenvalue weighted by atomic mass is 10.1. The van der Waals surface area contributed by atoms with Gasteiger partial charge in [-0.3, -0.25) is 9.59 Å². The molecule has 0 radical (unpaired) electrons. The molecule has 5 heteroatoms.